The summed E-state index contributed by atoms with van der Waals surface area (Å²) in [5.41, 5.74) is 5.36. The van der Waals surface area contributed by atoms with Gasteiger partial charge in [-0.3, -0.25) is 4.79 Å². The fraction of sp³-hybridized carbons (Fsp3) is 0.800. The maximum atomic E-state index is 11.4. The van der Waals surface area contributed by atoms with Crippen molar-refractivity contribution in [2.24, 2.45) is 5.73 Å². The van der Waals surface area contributed by atoms with Crippen molar-refractivity contribution in [3.63, 3.8) is 0 Å². The van der Waals surface area contributed by atoms with E-state index in [2.05, 4.69) is 15.4 Å². The minimum atomic E-state index is -0.572. The third-order valence-corrected chi connectivity index (χ3v) is 2.11. The Morgan fingerprint density at radius 3 is 2.56 bits per heavy atom. The lowest BCUT2D eigenvalue weighted by Crippen LogP contribution is -2.44. The van der Waals surface area contributed by atoms with Crippen molar-refractivity contribution in [3.8, 4) is 0 Å². The maximum Gasteiger partial charge on any atom is 0.328 e. The first kappa shape index (κ1) is 14.9. The van der Waals surface area contributed by atoms with Gasteiger partial charge in [-0.2, -0.15) is 0 Å². The van der Waals surface area contributed by atoms with Crippen LogP contribution in [0.2, 0.25) is 0 Å². The molecule has 0 aliphatic rings. The fourth-order valence-electron chi connectivity index (χ4n) is 1.29. The van der Waals surface area contributed by atoms with Gasteiger partial charge in [-0.1, -0.05) is 0 Å². The van der Waals surface area contributed by atoms with E-state index in [1.165, 1.54) is 7.11 Å². The lowest BCUT2D eigenvalue weighted by molar-refractivity contribution is -0.145. The van der Waals surface area contributed by atoms with E-state index in [0.29, 0.717) is 13.0 Å². The number of nitrogens with one attached hydrogen (secondary N) is 2. The molecule has 0 heterocycles. The maximum absolute atomic E-state index is 11.4. The predicted octanol–water partition coefficient (Wildman–Crippen LogP) is -1.01. The number of carbonyl (C=O) groups excluding carboxylic acids is 2. The average Bonchev–Trinajstić information content (AvgIpc) is 2.27. The van der Waals surface area contributed by atoms with E-state index in [9.17, 15) is 9.59 Å². The van der Waals surface area contributed by atoms with Crippen LogP contribution < -0.4 is 16.4 Å². The molecule has 1 amide bonds. The van der Waals surface area contributed by atoms with E-state index in [-0.39, 0.29) is 12.5 Å². The normalized spacial score (nSPS) is 11.9. The molecule has 0 aliphatic carbocycles. The largest absolute Gasteiger partial charge is 0.467 e. The van der Waals surface area contributed by atoms with Crippen molar-refractivity contribution >= 4 is 11.9 Å². The summed E-state index contributed by atoms with van der Waals surface area (Å²) in [4.78, 5) is 22.7. The SMILES string of the molecule is CNCC(=O)NC(CCCCN)C(=O)OC. The Labute approximate surface area is 95.9 Å². The molecule has 0 aromatic carbocycles. The molecule has 0 spiro atoms. The molecule has 6 heteroatoms. The van der Waals surface area contributed by atoms with Crippen LogP contribution in [0, 0.1) is 0 Å². The number of hydrogen-bond donors (Lipinski definition) is 3. The van der Waals surface area contributed by atoms with E-state index in [1.807, 2.05) is 0 Å². The van der Waals surface area contributed by atoms with Crippen LogP contribution in [-0.4, -0.2) is 45.2 Å². The van der Waals surface area contributed by atoms with Gasteiger partial charge in [0.25, 0.3) is 0 Å². The molecule has 94 valence electrons. The highest BCUT2D eigenvalue weighted by molar-refractivity contribution is 5.85. The average molecular weight is 231 g/mol. The number of amides is 1. The summed E-state index contributed by atoms with van der Waals surface area (Å²) >= 11 is 0. The highest BCUT2D eigenvalue weighted by Crippen LogP contribution is 2.02. The molecule has 0 aromatic rings. The molecule has 0 aliphatic heterocycles. The monoisotopic (exact) mass is 231 g/mol. The summed E-state index contributed by atoms with van der Waals surface area (Å²) in [7, 11) is 2.98. The zero-order chi connectivity index (χ0) is 12.4. The summed E-state index contributed by atoms with van der Waals surface area (Å²) in [6.07, 6.45) is 2.17. The third kappa shape index (κ3) is 6.36. The summed E-state index contributed by atoms with van der Waals surface area (Å²) in [5.74, 6) is -0.632. The van der Waals surface area contributed by atoms with Gasteiger partial charge in [-0.05, 0) is 32.9 Å². The second kappa shape index (κ2) is 9.11. The van der Waals surface area contributed by atoms with E-state index in [1.54, 1.807) is 7.05 Å². The van der Waals surface area contributed by atoms with Crippen molar-refractivity contribution in [2.45, 2.75) is 25.3 Å². The van der Waals surface area contributed by atoms with Crippen LogP contribution in [0.15, 0.2) is 0 Å². The Morgan fingerprint density at radius 1 is 1.38 bits per heavy atom. The molecule has 0 saturated carbocycles. The molecule has 0 radical (unpaired) electrons. The van der Waals surface area contributed by atoms with Gasteiger partial charge in [0.2, 0.25) is 5.91 Å². The summed E-state index contributed by atoms with van der Waals surface area (Å²) in [6, 6.07) is -0.572. The van der Waals surface area contributed by atoms with Crippen molar-refractivity contribution in [1.29, 1.82) is 0 Å². The Hall–Kier alpha value is -1.14. The van der Waals surface area contributed by atoms with Crippen LogP contribution >= 0.6 is 0 Å². The quantitative estimate of drug-likeness (QED) is 0.368. The van der Waals surface area contributed by atoms with Gasteiger partial charge in [-0.15, -0.1) is 0 Å². The van der Waals surface area contributed by atoms with E-state index >= 15 is 0 Å². The van der Waals surface area contributed by atoms with Crippen LogP contribution in [0.1, 0.15) is 19.3 Å². The molecule has 0 aromatic heterocycles. The molecular weight excluding hydrogens is 210 g/mol. The van der Waals surface area contributed by atoms with Gasteiger partial charge < -0.3 is 21.1 Å². The number of rotatable bonds is 8. The predicted molar refractivity (Wildman–Crippen MR) is 60.8 cm³/mol. The second-order valence-electron chi connectivity index (χ2n) is 3.46. The van der Waals surface area contributed by atoms with Crippen LogP contribution in [-0.2, 0) is 14.3 Å². The Bertz CT molecular complexity index is 221. The molecule has 4 N–H and O–H groups in total. The molecule has 0 bridgehead atoms. The lowest BCUT2D eigenvalue weighted by Gasteiger charge is -2.16. The number of esters is 1. The summed E-state index contributed by atoms with van der Waals surface area (Å²) in [6.45, 7) is 0.767. The minimum absolute atomic E-state index is 0.185. The third-order valence-electron chi connectivity index (χ3n) is 2.11. The molecule has 1 atom stereocenters. The van der Waals surface area contributed by atoms with Crippen molar-refractivity contribution in [2.75, 3.05) is 27.2 Å². The highest BCUT2D eigenvalue weighted by Gasteiger charge is 2.20. The number of nitrogens with two attached hydrogens (primary N) is 1. The summed E-state index contributed by atoms with van der Waals surface area (Å²) in [5, 5.41) is 5.32. The van der Waals surface area contributed by atoms with Gasteiger partial charge in [0.05, 0.1) is 13.7 Å². The molecule has 16 heavy (non-hydrogen) atoms. The van der Waals surface area contributed by atoms with Crippen molar-refractivity contribution in [1.82, 2.24) is 10.6 Å². The van der Waals surface area contributed by atoms with Crippen LogP contribution in [0.3, 0.4) is 0 Å². The summed E-state index contributed by atoms with van der Waals surface area (Å²) < 4.78 is 4.62. The van der Waals surface area contributed by atoms with Crippen LogP contribution in [0.4, 0.5) is 0 Å². The Kier molecular flexibility index (Phi) is 8.46. The first-order valence-corrected chi connectivity index (χ1v) is 5.37. The number of methoxy groups -OCH3 is 1. The van der Waals surface area contributed by atoms with Gasteiger partial charge >= 0.3 is 5.97 Å². The molecule has 0 fully saturated rings. The zero-order valence-corrected chi connectivity index (χ0v) is 9.91. The molecule has 6 nitrogen and oxygen atoms in total. The number of unbranched alkanes of at least 4 members (excludes halogenated alkanes) is 1. The topological polar surface area (TPSA) is 93.5 Å². The van der Waals surface area contributed by atoms with E-state index in [0.717, 1.165) is 12.8 Å². The number of likely N-dealkylation sites (N-methyl/N-ethyl adjacent to an activating group) is 1. The fourth-order valence-corrected chi connectivity index (χ4v) is 1.29. The second-order valence-corrected chi connectivity index (χ2v) is 3.46. The first-order chi connectivity index (χ1) is 7.65. The molecule has 1 unspecified atom stereocenters. The number of hydrogen-bond acceptors (Lipinski definition) is 5. The smallest absolute Gasteiger partial charge is 0.328 e. The van der Waals surface area contributed by atoms with Gasteiger partial charge in [0, 0.05) is 0 Å². The van der Waals surface area contributed by atoms with Gasteiger partial charge in [0.1, 0.15) is 6.04 Å². The molecule has 0 saturated heterocycles. The van der Waals surface area contributed by atoms with E-state index in [4.69, 9.17) is 5.73 Å². The van der Waals surface area contributed by atoms with Crippen molar-refractivity contribution < 1.29 is 14.3 Å². The highest BCUT2D eigenvalue weighted by atomic mass is 16.5. The van der Waals surface area contributed by atoms with Crippen LogP contribution in [0.25, 0.3) is 0 Å². The Morgan fingerprint density at radius 2 is 2.06 bits per heavy atom. The lowest BCUT2D eigenvalue weighted by atomic mass is 10.1. The van der Waals surface area contributed by atoms with Gasteiger partial charge in [-0.25, -0.2) is 4.79 Å². The zero-order valence-electron chi connectivity index (χ0n) is 9.91. The number of ether oxygens (including phenoxy) is 1. The Balaban J connectivity index is 4.09. The molecular formula is C10H21N3O3. The van der Waals surface area contributed by atoms with E-state index < -0.39 is 12.0 Å². The standard InChI is InChI=1S/C10H21N3O3/c1-12-7-9(14)13-8(10(15)16-2)5-3-4-6-11/h8,12H,3-7,11H2,1-2H3,(H,13,14). The van der Waals surface area contributed by atoms with Gasteiger partial charge in [0.15, 0.2) is 0 Å². The first-order valence-electron chi connectivity index (χ1n) is 5.37. The van der Waals surface area contributed by atoms with Crippen LogP contribution in [0.5, 0.6) is 0 Å². The number of carbonyl (C=O) groups is 2. The molecule has 0 rings (SSSR count). The minimum Gasteiger partial charge on any atom is -0.467 e. The van der Waals surface area contributed by atoms with Crippen molar-refractivity contribution in [3.05, 3.63) is 0 Å².